The summed E-state index contributed by atoms with van der Waals surface area (Å²) in [6, 6.07) is 11.5. The van der Waals surface area contributed by atoms with Crippen LogP contribution in [0.15, 0.2) is 47.4 Å². The standard InChI is InChI=1S/C19H18ClN3O3S2/c1-11-4-9-16(12(2)10-11)22-18(24)17-13(3)21-19(27-17)23-28(25,26)15-7-5-14(20)6-8-15/h4-10H,1-3H3,(H,21,23)(H,22,24). The second-order valence-corrected chi connectivity index (χ2v) is 9.38. The average Bonchev–Trinajstić information content (AvgIpc) is 2.97. The van der Waals surface area contributed by atoms with Gasteiger partial charge in [-0.05, 0) is 56.7 Å². The Hall–Kier alpha value is -2.42. The number of thiazole rings is 1. The lowest BCUT2D eigenvalue weighted by molar-refractivity contribution is 0.102. The van der Waals surface area contributed by atoms with Crippen LogP contribution in [0.5, 0.6) is 0 Å². The van der Waals surface area contributed by atoms with Crippen LogP contribution in [0.4, 0.5) is 10.8 Å². The number of nitrogens with one attached hydrogen (secondary N) is 2. The maximum Gasteiger partial charge on any atom is 0.267 e. The van der Waals surface area contributed by atoms with Gasteiger partial charge in [-0.2, -0.15) is 0 Å². The van der Waals surface area contributed by atoms with E-state index in [4.69, 9.17) is 11.6 Å². The van der Waals surface area contributed by atoms with Gasteiger partial charge in [0.15, 0.2) is 5.13 Å². The van der Waals surface area contributed by atoms with Crippen molar-refractivity contribution in [3.8, 4) is 0 Å². The van der Waals surface area contributed by atoms with Crippen molar-refractivity contribution in [2.24, 2.45) is 0 Å². The molecule has 3 aromatic rings. The number of benzene rings is 2. The van der Waals surface area contributed by atoms with Crippen LogP contribution in [0.3, 0.4) is 0 Å². The summed E-state index contributed by atoms with van der Waals surface area (Å²) in [4.78, 5) is 17.2. The van der Waals surface area contributed by atoms with Crippen LogP contribution in [0.2, 0.25) is 5.02 Å². The van der Waals surface area contributed by atoms with E-state index in [0.717, 1.165) is 22.5 Å². The Morgan fingerprint density at radius 2 is 1.75 bits per heavy atom. The van der Waals surface area contributed by atoms with Gasteiger partial charge in [0, 0.05) is 10.7 Å². The molecule has 0 spiro atoms. The monoisotopic (exact) mass is 435 g/mol. The maximum absolute atomic E-state index is 12.6. The lowest BCUT2D eigenvalue weighted by Gasteiger charge is -2.08. The Bertz CT molecular complexity index is 1140. The normalized spacial score (nSPS) is 11.3. The first kappa shape index (κ1) is 20.3. The van der Waals surface area contributed by atoms with E-state index >= 15 is 0 Å². The molecule has 2 aromatic carbocycles. The molecular formula is C19H18ClN3O3S2. The predicted molar refractivity (Wildman–Crippen MR) is 113 cm³/mol. The van der Waals surface area contributed by atoms with Crippen molar-refractivity contribution in [3.63, 3.8) is 0 Å². The van der Waals surface area contributed by atoms with E-state index in [-0.39, 0.29) is 15.9 Å². The Morgan fingerprint density at radius 1 is 1.07 bits per heavy atom. The number of aryl methyl sites for hydroxylation is 3. The van der Waals surface area contributed by atoms with Crippen LogP contribution in [-0.4, -0.2) is 19.3 Å². The van der Waals surface area contributed by atoms with E-state index in [1.54, 1.807) is 6.92 Å². The Balaban J connectivity index is 1.80. The van der Waals surface area contributed by atoms with Crippen molar-refractivity contribution >= 4 is 49.7 Å². The third kappa shape index (κ3) is 4.52. The molecular weight excluding hydrogens is 418 g/mol. The minimum atomic E-state index is -3.82. The fourth-order valence-electron chi connectivity index (χ4n) is 2.57. The van der Waals surface area contributed by atoms with Crippen molar-refractivity contribution in [1.82, 2.24) is 4.98 Å². The summed E-state index contributed by atoms with van der Waals surface area (Å²) < 4.78 is 27.4. The highest BCUT2D eigenvalue weighted by molar-refractivity contribution is 7.93. The van der Waals surface area contributed by atoms with E-state index in [1.165, 1.54) is 24.3 Å². The third-order valence-electron chi connectivity index (χ3n) is 3.98. The molecule has 0 saturated heterocycles. The SMILES string of the molecule is Cc1ccc(NC(=O)c2sc(NS(=O)(=O)c3ccc(Cl)cc3)nc2C)c(C)c1. The van der Waals surface area contributed by atoms with Crippen molar-refractivity contribution in [2.45, 2.75) is 25.7 Å². The minimum absolute atomic E-state index is 0.0611. The van der Waals surface area contributed by atoms with E-state index in [2.05, 4.69) is 15.0 Å². The molecule has 0 fully saturated rings. The van der Waals surface area contributed by atoms with Gasteiger partial charge < -0.3 is 5.32 Å². The molecule has 1 heterocycles. The van der Waals surface area contributed by atoms with Crippen LogP contribution in [0, 0.1) is 20.8 Å². The summed E-state index contributed by atoms with van der Waals surface area (Å²) in [7, 11) is -3.82. The molecule has 1 amide bonds. The van der Waals surface area contributed by atoms with Crippen LogP contribution < -0.4 is 10.0 Å². The molecule has 0 bridgehead atoms. The number of sulfonamides is 1. The van der Waals surface area contributed by atoms with Gasteiger partial charge in [-0.25, -0.2) is 13.4 Å². The van der Waals surface area contributed by atoms with Gasteiger partial charge in [0.1, 0.15) is 4.88 Å². The molecule has 0 aliphatic rings. The van der Waals surface area contributed by atoms with Gasteiger partial charge in [0.25, 0.3) is 15.9 Å². The summed E-state index contributed by atoms with van der Waals surface area (Å²) in [6.45, 7) is 5.55. The van der Waals surface area contributed by atoms with Gasteiger partial charge in [0.05, 0.1) is 10.6 Å². The van der Waals surface area contributed by atoms with E-state index in [1.807, 2.05) is 32.0 Å². The predicted octanol–water partition coefficient (Wildman–Crippen LogP) is 4.77. The molecule has 28 heavy (non-hydrogen) atoms. The van der Waals surface area contributed by atoms with Gasteiger partial charge >= 0.3 is 0 Å². The second kappa shape index (κ2) is 7.90. The number of halogens is 1. The molecule has 3 rings (SSSR count). The van der Waals surface area contributed by atoms with Crippen LogP contribution in [0.25, 0.3) is 0 Å². The number of amides is 1. The Morgan fingerprint density at radius 3 is 2.39 bits per heavy atom. The Labute approximate surface area is 172 Å². The lowest BCUT2D eigenvalue weighted by Crippen LogP contribution is -2.12. The molecule has 0 radical (unpaired) electrons. The van der Waals surface area contributed by atoms with Gasteiger partial charge in [0.2, 0.25) is 0 Å². The van der Waals surface area contributed by atoms with Crippen molar-refractivity contribution in [3.05, 3.63) is 69.2 Å². The van der Waals surface area contributed by atoms with Crippen molar-refractivity contribution in [1.29, 1.82) is 0 Å². The highest BCUT2D eigenvalue weighted by atomic mass is 35.5. The maximum atomic E-state index is 12.6. The second-order valence-electron chi connectivity index (χ2n) is 6.27. The molecule has 9 heteroatoms. The smallest absolute Gasteiger partial charge is 0.267 e. The number of carbonyl (C=O) groups excluding carboxylic acids is 1. The average molecular weight is 436 g/mol. The highest BCUT2D eigenvalue weighted by Crippen LogP contribution is 2.27. The fraction of sp³-hybridized carbons (Fsp3) is 0.158. The number of carbonyl (C=O) groups is 1. The van der Waals surface area contributed by atoms with Gasteiger partial charge in [-0.1, -0.05) is 40.6 Å². The molecule has 1 aromatic heterocycles. The lowest BCUT2D eigenvalue weighted by atomic mass is 10.1. The number of rotatable bonds is 5. The van der Waals surface area contributed by atoms with E-state index < -0.39 is 10.0 Å². The summed E-state index contributed by atoms with van der Waals surface area (Å²) >= 11 is 6.78. The molecule has 0 aliphatic heterocycles. The first-order chi connectivity index (χ1) is 13.2. The third-order valence-corrected chi connectivity index (χ3v) is 6.79. The molecule has 0 aliphatic carbocycles. The van der Waals surface area contributed by atoms with Gasteiger partial charge in [-0.3, -0.25) is 9.52 Å². The zero-order chi connectivity index (χ0) is 20.5. The zero-order valence-corrected chi connectivity index (χ0v) is 17.8. The zero-order valence-electron chi connectivity index (χ0n) is 15.4. The van der Waals surface area contributed by atoms with E-state index in [9.17, 15) is 13.2 Å². The summed E-state index contributed by atoms with van der Waals surface area (Å²) in [6.07, 6.45) is 0. The Kier molecular flexibility index (Phi) is 5.74. The summed E-state index contributed by atoms with van der Waals surface area (Å²) in [5.74, 6) is -0.334. The van der Waals surface area contributed by atoms with Crippen LogP contribution in [0.1, 0.15) is 26.5 Å². The highest BCUT2D eigenvalue weighted by Gasteiger charge is 2.20. The first-order valence-electron chi connectivity index (χ1n) is 8.30. The molecule has 146 valence electrons. The molecule has 2 N–H and O–H groups in total. The van der Waals surface area contributed by atoms with E-state index in [0.29, 0.717) is 21.3 Å². The van der Waals surface area contributed by atoms with Crippen molar-refractivity contribution in [2.75, 3.05) is 10.0 Å². The summed E-state index contributed by atoms with van der Waals surface area (Å²) in [5, 5.41) is 3.41. The number of hydrogen-bond acceptors (Lipinski definition) is 5. The molecule has 0 atom stereocenters. The minimum Gasteiger partial charge on any atom is -0.321 e. The number of hydrogen-bond donors (Lipinski definition) is 2. The van der Waals surface area contributed by atoms with Crippen molar-refractivity contribution < 1.29 is 13.2 Å². The number of aromatic nitrogens is 1. The van der Waals surface area contributed by atoms with Crippen LogP contribution in [-0.2, 0) is 10.0 Å². The summed E-state index contributed by atoms with van der Waals surface area (Å²) in [5.41, 5.74) is 3.19. The topological polar surface area (TPSA) is 88.2 Å². The quantitative estimate of drug-likeness (QED) is 0.603. The van der Waals surface area contributed by atoms with Crippen LogP contribution >= 0.6 is 22.9 Å². The molecule has 6 nitrogen and oxygen atoms in total. The molecule has 0 unspecified atom stereocenters. The largest absolute Gasteiger partial charge is 0.321 e. The fourth-order valence-corrected chi connectivity index (χ4v) is 4.79. The van der Waals surface area contributed by atoms with Gasteiger partial charge in [-0.15, -0.1) is 0 Å². The molecule has 0 saturated carbocycles. The number of nitrogens with zero attached hydrogens (tertiary/aromatic N) is 1. The first-order valence-corrected chi connectivity index (χ1v) is 11.0. The number of anilines is 2.